The Bertz CT molecular complexity index is 705. The van der Waals surface area contributed by atoms with E-state index in [0.717, 1.165) is 25.9 Å². The lowest BCUT2D eigenvalue weighted by Gasteiger charge is -2.27. The van der Waals surface area contributed by atoms with Crippen LogP contribution in [-0.4, -0.2) is 40.9 Å². The molecule has 2 aliphatic rings. The molecule has 1 aromatic rings. The van der Waals surface area contributed by atoms with Crippen molar-refractivity contribution in [3.8, 4) is 0 Å². The molecular formula is C20H24N2O4. The number of benzene rings is 1. The molecule has 1 aromatic carbocycles. The second kappa shape index (κ2) is 8.17. The zero-order chi connectivity index (χ0) is 18.5. The number of nitrogens with one attached hydrogen (secondary N) is 1. The molecule has 0 bridgehead atoms. The maximum Gasteiger partial charge on any atom is 0.307 e. The van der Waals surface area contributed by atoms with E-state index in [1.807, 2.05) is 17.1 Å². The third-order valence-corrected chi connectivity index (χ3v) is 5.13. The van der Waals surface area contributed by atoms with Gasteiger partial charge in [-0.25, -0.2) is 0 Å². The smallest absolute Gasteiger partial charge is 0.307 e. The van der Waals surface area contributed by atoms with Crippen LogP contribution in [0.4, 0.5) is 5.69 Å². The van der Waals surface area contributed by atoms with Crippen LogP contribution in [0, 0.1) is 11.8 Å². The summed E-state index contributed by atoms with van der Waals surface area (Å²) in [5, 5.41) is 12.1. The van der Waals surface area contributed by atoms with Crippen molar-refractivity contribution >= 4 is 23.5 Å². The highest BCUT2D eigenvalue weighted by Crippen LogP contribution is 2.27. The third kappa shape index (κ3) is 4.12. The van der Waals surface area contributed by atoms with E-state index in [4.69, 9.17) is 0 Å². The number of aliphatic carboxylic acids is 1. The van der Waals surface area contributed by atoms with E-state index in [2.05, 4.69) is 5.32 Å². The van der Waals surface area contributed by atoms with Crippen molar-refractivity contribution in [3.05, 3.63) is 42.0 Å². The zero-order valence-electron chi connectivity index (χ0n) is 14.7. The summed E-state index contributed by atoms with van der Waals surface area (Å²) in [6.07, 6.45) is 7.71. The first-order valence-electron chi connectivity index (χ1n) is 9.14. The van der Waals surface area contributed by atoms with Crippen molar-refractivity contribution in [2.75, 3.05) is 18.4 Å². The molecule has 1 aliphatic heterocycles. The first kappa shape index (κ1) is 18.2. The van der Waals surface area contributed by atoms with Crippen molar-refractivity contribution in [2.45, 2.75) is 32.1 Å². The minimum Gasteiger partial charge on any atom is -0.481 e. The monoisotopic (exact) mass is 356 g/mol. The van der Waals surface area contributed by atoms with Gasteiger partial charge in [0.05, 0.1) is 11.8 Å². The molecule has 0 unspecified atom stereocenters. The molecule has 2 atom stereocenters. The predicted molar refractivity (Wildman–Crippen MR) is 97.8 cm³/mol. The van der Waals surface area contributed by atoms with Crippen LogP contribution in [-0.2, 0) is 9.59 Å². The van der Waals surface area contributed by atoms with E-state index < -0.39 is 17.8 Å². The van der Waals surface area contributed by atoms with Gasteiger partial charge in [-0.3, -0.25) is 14.4 Å². The van der Waals surface area contributed by atoms with Gasteiger partial charge in [0.1, 0.15) is 0 Å². The van der Waals surface area contributed by atoms with E-state index in [1.54, 1.807) is 24.3 Å². The number of amides is 2. The van der Waals surface area contributed by atoms with Crippen molar-refractivity contribution in [2.24, 2.45) is 11.8 Å². The van der Waals surface area contributed by atoms with Crippen LogP contribution in [0.1, 0.15) is 42.5 Å². The number of anilines is 1. The molecule has 2 amide bonds. The molecule has 2 N–H and O–H groups in total. The number of likely N-dealkylation sites (tertiary alicyclic amines) is 1. The molecule has 1 aliphatic carbocycles. The molecular weight excluding hydrogens is 332 g/mol. The summed E-state index contributed by atoms with van der Waals surface area (Å²) < 4.78 is 0. The molecule has 0 aromatic heterocycles. The Kier molecular flexibility index (Phi) is 5.71. The van der Waals surface area contributed by atoms with Gasteiger partial charge in [0.25, 0.3) is 5.91 Å². The lowest BCUT2D eigenvalue weighted by Crippen LogP contribution is -2.35. The van der Waals surface area contributed by atoms with Gasteiger partial charge >= 0.3 is 5.97 Å². The second-order valence-electron chi connectivity index (χ2n) is 6.91. The van der Waals surface area contributed by atoms with Crippen molar-refractivity contribution in [1.82, 2.24) is 4.90 Å². The number of nitrogens with zero attached hydrogens (tertiary/aromatic N) is 1. The molecule has 0 radical (unpaired) electrons. The lowest BCUT2D eigenvalue weighted by molar-refractivity contribution is -0.146. The Morgan fingerprint density at radius 2 is 1.54 bits per heavy atom. The van der Waals surface area contributed by atoms with Crippen molar-refractivity contribution in [3.63, 3.8) is 0 Å². The highest BCUT2D eigenvalue weighted by Gasteiger charge is 2.33. The average molecular weight is 356 g/mol. The SMILES string of the molecule is O=C(O)[C@@H]1CC=CC[C@H]1C(=O)Nc1ccc(C(=O)N2CCCCC2)cc1. The normalized spacial score (nSPS) is 22.7. The van der Waals surface area contributed by atoms with Crippen LogP contribution in [0.25, 0.3) is 0 Å². The maximum atomic E-state index is 12.5. The first-order valence-corrected chi connectivity index (χ1v) is 9.14. The summed E-state index contributed by atoms with van der Waals surface area (Å²) in [5.74, 6) is -2.49. The number of allylic oxidation sites excluding steroid dienone is 2. The molecule has 1 fully saturated rings. The minimum atomic E-state index is -0.947. The van der Waals surface area contributed by atoms with Crippen LogP contribution in [0.5, 0.6) is 0 Å². The fraction of sp³-hybridized carbons (Fsp3) is 0.450. The molecule has 1 saturated heterocycles. The predicted octanol–water partition coefficient (Wildman–Crippen LogP) is 2.92. The molecule has 1 heterocycles. The van der Waals surface area contributed by atoms with Crippen LogP contribution in [0.15, 0.2) is 36.4 Å². The number of hydrogen-bond donors (Lipinski definition) is 2. The summed E-state index contributed by atoms with van der Waals surface area (Å²) >= 11 is 0. The highest BCUT2D eigenvalue weighted by molar-refractivity contribution is 5.97. The Hall–Kier alpha value is -2.63. The summed E-state index contributed by atoms with van der Waals surface area (Å²) in [6, 6.07) is 6.82. The number of piperidine rings is 1. The summed E-state index contributed by atoms with van der Waals surface area (Å²) in [4.78, 5) is 38.1. The van der Waals surface area contributed by atoms with E-state index >= 15 is 0 Å². The highest BCUT2D eigenvalue weighted by atomic mass is 16.4. The van der Waals surface area contributed by atoms with Gasteiger partial charge in [0, 0.05) is 24.3 Å². The van der Waals surface area contributed by atoms with Gasteiger partial charge < -0.3 is 15.3 Å². The number of carbonyl (C=O) groups is 3. The van der Waals surface area contributed by atoms with Gasteiger partial charge in [-0.1, -0.05) is 12.2 Å². The Labute approximate surface area is 152 Å². The fourth-order valence-corrected chi connectivity index (χ4v) is 3.59. The van der Waals surface area contributed by atoms with E-state index in [9.17, 15) is 19.5 Å². The molecule has 6 nitrogen and oxygen atoms in total. The van der Waals surface area contributed by atoms with E-state index in [0.29, 0.717) is 24.1 Å². The van der Waals surface area contributed by atoms with Crippen LogP contribution >= 0.6 is 0 Å². The molecule has 0 saturated carbocycles. The molecule has 0 spiro atoms. The number of carbonyl (C=O) groups excluding carboxylic acids is 2. The number of carboxylic acid groups (broad SMARTS) is 1. The largest absolute Gasteiger partial charge is 0.481 e. The third-order valence-electron chi connectivity index (χ3n) is 5.13. The summed E-state index contributed by atoms with van der Waals surface area (Å²) in [5.41, 5.74) is 1.18. The lowest BCUT2D eigenvalue weighted by atomic mass is 9.82. The fourth-order valence-electron chi connectivity index (χ4n) is 3.59. The Morgan fingerprint density at radius 1 is 0.923 bits per heavy atom. The van der Waals surface area contributed by atoms with Gasteiger partial charge in [-0.05, 0) is 56.4 Å². The zero-order valence-corrected chi connectivity index (χ0v) is 14.7. The first-order chi connectivity index (χ1) is 12.6. The minimum absolute atomic E-state index is 0.0194. The van der Waals surface area contributed by atoms with E-state index in [1.165, 1.54) is 6.42 Å². The molecule has 26 heavy (non-hydrogen) atoms. The van der Waals surface area contributed by atoms with Gasteiger partial charge in [0.2, 0.25) is 5.91 Å². The van der Waals surface area contributed by atoms with Crippen LogP contribution in [0.3, 0.4) is 0 Å². The van der Waals surface area contributed by atoms with Crippen LogP contribution in [0.2, 0.25) is 0 Å². The average Bonchev–Trinajstić information content (AvgIpc) is 2.68. The number of rotatable bonds is 4. The molecule has 6 heteroatoms. The van der Waals surface area contributed by atoms with Gasteiger partial charge in [0.15, 0.2) is 0 Å². The number of carboxylic acids is 1. The molecule has 3 rings (SSSR count). The van der Waals surface area contributed by atoms with Crippen molar-refractivity contribution < 1.29 is 19.5 Å². The van der Waals surface area contributed by atoms with Crippen molar-refractivity contribution in [1.29, 1.82) is 0 Å². The van der Waals surface area contributed by atoms with Gasteiger partial charge in [-0.2, -0.15) is 0 Å². The van der Waals surface area contributed by atoms with Gasteiger partial charge in [-0.15, -0.1) is 0 Å². The quantitative estimate of drug-likeness (QED) is 0.812. The Balaban J connectivity index is 1.63. The molecule has 138 valence electrons. The summed E-state index contributed by atoms with van der Waals surface area (Å²) in [6.45, 7) is 1.59. The summed E-state index contributed by atoms with van der Waals surface area (Å²) in [7, 11) is 0. The standard InChI is InChI=1S/C20H24N2O4/c23-18(16-6-2-3-7-17(16)20(25)26)21-15-10-8-14(9-11-15)19(24)22-12-4-1-5-13-22/h2-3,8-11,16-17H,1,4-7,12-13H2,(H,21,23)(H,25,26)/t16-,17-/m1/s1. The number of hydrogen-bond acceptors (Lipinski definition) is 3. The Morgan fingerprint density at radius 3 is 2.15 bits per heavy atom. The van der Waals surface area contributed by atoms with Crippen LogP contribution < -0.4 is 5.32 Å². The second-order valence-corrected chi connectivity index (χ2v) is 6.91. The maximum absolute atomic E-state index is 12.5. The topological polar surface area (TPSA) is 86.7 Å². The van der Waals surface area contributed by atoms with E-state index in [-0.39, 0.29) is 11.8 Å².